The van der Waals surface area contributed by atoms with Crippen molar-refractivity contribution in [2.24, 2.45) is 0 Å². The summed E-state index contributed by atoms with van der Waals surface area (Å²) in [6, 6.07) is 13.8. The summed E-state index contributed by atoms with van der Waals surface area (Å²) >= 11 is 2.80. The number of rotatable bonds is 18. The van der Waals surface area contributed by atoms with Crippen molar-refractivity contribution < 1.29 is 23.8 Å². The van der Waals surface area contributed by atoms with Gasteiger partial charge in [-0.05, 0) is 148 Å². The van der Waals surface area contributed by atoms with Crippen LogP contribution in [0, 0.1) is 0 Å². The Balaban J connectivity index is 0.836. The molecule has 0 unspecified atom stereocenters. The zero-order chi connectivity index (χ0) is 43.3. The number of nitrogen functional groups attached to an aromatic ring is 2. The van der Waals surface area contributed by atoms with Crippen LogP contribution in [-0.4, -0.2) is 55.2 Å². The highest BCUT2D eigenvalue weighted by Crippen LogP contribution is 2.42. The number of hydrogen-bond acceptors (Lipinski definition) is 11. The van der Waals surface area contributed by atoms with E-state index in [1.165, 1.54) is 57.0 Å². The van der Waals surface area contributed by atoms with Gasteiger partial charge in [-0.15, -0.1) is 22.7 Å². The molecule has 0 fully saturated rings. The number of ether oxygens (including phenoxy) is 3. The van der Waals surface area contributed by atoms with Gasteiger partial charge in [0, 0.05) is 34.7 Å². The Bertz CT molecular complexity index is 2600. The Kier molecular flexibility index (Phi) is 13.5. The van der Waals surface area contributed by atoms with Crippen molar-refractivity contribution in [1.29, 1.82) is 0 Å². The Morgan fingerprint density at radius 1 is 0.726 bits per heavy atom. The van der Waals surface area contributed by atoms with E-state index in [-0.39, 0.29) is 17.9 Å². The van der Waals surface area contributed by atoms with Gasteiger partial charge in [0.05, 0.1) is 32.2 Å². The summed E-state index contributed by atoms with van der Waals surface area (Å²) in [5.41, 5.74) is 24.1. The number of carbonyl (C=O) groups is 2. The summed E-state index contributed by atoms with van der Waals surface area (Å²) in [5.74, 6) is 1.85. The number of anilines is 2. The highest BCUT2D eigenvalue weighted by molar-refractivity contribution is 7.21. The summed E-state index contributed by atoms with van der Waals surface area (Å²) in [4.78, 5) is 39.8. The van der Waals surface area contributed by atoms with Gasteiger partial charge >= 0.3 is 0 Å². The van der Waals surface area contributed by atoms with Gasteiger partial charge in [0.15, 0.2) is 11.5 Å². The number of fused-ring (bicyclic) bond motifs is 6. The van der Waals surface area contributed by atoms with E-state index in [2.05, 4.69) is 17.6 Å². The quantitative estimate of drug-likeness (QED) is 0.0617. The first-order chi connectivity index (χ1) is 30.2. The molecule has 11 nitrogen and oxygen atoms in total. The van der Waals surface area contributed by atoms with Crippen LogP contribution in [-0.2, 0) is 51.4 Å². The molecule has 4 aromatic heterocycles. The number of nitrogens with zero attached hydrogens (tertiary/aromatic N) is 2. The summed E-state index contributed by atoms with van der Waals surface area (Å²) in [6.45, 7) is 5.19. The summed E-state index contributed by atoms with van der Waals surface area (Å²) in [6.07, 6.45) is 13.2. The van der Waals surface area contributed by atoms with E-state index < -0.39 is 0 Å². The number of pyridine rings is 2. The van der Waals surface area contributed by atoms with Crippen molar-refractivity contribution in [3.8, 4) is 17.2 Å². The van der Waals surface area contributed by atoms with Crippen molar-refractivity contribution in [3.63, 3.8) is 0 Å². The number of carbonyl (C=O) groups excluding carboxylic acids is 2. The zero-order valence-corrected chi connectivity index (χ0v) is 38.0. The number of thiophene rings is 2. The van der Waals surface area contributed by atoms with Crippen molar-refractivity contribution in [2.45, 2.75) is 110 Å². The second-order valence-corrected chi connectivity index (χ2v) is 18.6. The molecule has 6 N–H and O–H groups in total. The topological polar surface area (TPSA) is 164 Å². The Hall–Kier alpha value is -5.40. The molecule has 0 saturated carbocycles. The van der Waals surface area contributed by atoms with Crippen molar-refractivity contribution in [2.75, 3.05) is 38.8 Å². The molecule has 326 valence electrons. The van der Waals surface area contributed by atoms with Gasteiger partial charge in [0.25, 0.3) is 11.8 Å². The molecule has 0 spiro atoms. The van der Waals surface area contributed by atoms with Gasteiger partial charge in [0.2, 0.25) is 0 Å². The molecule has 1 atom stereocenters. The fourth-order valence-electron chi connectivity index (χ4n) is 9.23. The first-order valence-electron chi connectivity index (χ1n) is 22.1. The maximum Gasteiger partial charge on any atom is 0.263 e. The Morgan fingerprint density at radius 3 is 2.00 bits per heavy atom. The monoisotopic (exact) mass is 874 g/mol. The minimum absolute atomic E-state index is 0.0733. The number of amides is 2. The van der Waals surface area contributed by atoms with E-state index >= 15 is 0 Å². The second kappa shape index (κ2) is 19.3. The lowest BCUT2D eigenvalue weighted by molar-refractivity contribution is 0.0941. The number of aromatic nitrogens is 2. The molecular formula is C49H58N6O5S2. The average Bonchev–Trinajstić information content (AvgIpc) is 3.99. The normalized spacial score (nSPS) is 13.8. The Labute approximate surface area is 372 Å². The van der Waals surface area contributed by atoms with Gasteiger partial charge in [0.1, 0.15) is 25.2 Å². The molecule has 0 radical (unpaired) electrons. The molecule has 2 aromatic carbocycles. The van der Waals surface area contributed by atoms with E-state index in [0.717, 1.165) is 114 Å². The second-order valence-electron chi connectivity index (χ2n) is 16.6. The third-order valence-corrected chi connectivity index (χ3v) is 14.5. The molecule has 6 aromatic rings. The van der Waals surface area contributed by atoms with Crippen molar-refractivity contribution in [3.05, 3.63) is 97.0 Å². The third kappa shape index (κ3) is 9.06. The summed E-state index contributed by atoms with van der Waals surface area (Å²) in [7, 11) is 3.30. The van der Waals surface area contributed by atoms with Gasteiger partial charge < -0.3 is 36.3 Å². The van der Waals surface area contributed by atoms with Crippen LogP contribution in [0.3, 0.4) is 0 Å². The number of hydrogen-bond donors (Lipinski definition) is 4. The van der Waals surface area contributed by atoms with Crippen molar-refractivity contribution >= 4 is 66.3 Å². The molecule has 2 amide bonds. The third-order valence-electron chi connectivity index (χ3n) is 12.3. The van der Waals surface area contributed by atoms with Gasteiger partial charge in [-0.1, -0.05) is 31.5 Å². The molecule has 8 rings (SSSR count). The molecule has 2 aliphatic carbocycles. The lowest BCUT2D eigenvalue weighted by Crippen LogP contribution is -2.33. The fourth-order valence-corrected chi connectivity index (χ4v) is 11.3. The number of nitrogens with two attached hydrogens (primary N) is 2. The molecule has 0 saturated heterocycles. The van der Waals surface area contributed by atoms with Crippen LogP contribution in [0.5, 0.6) is 17.2 Å². The SMILES string of the molecule is CCCc1nc2sc(C(=O)NCCc3ccc(OCCCCc4nc5sc(C(=O)N[C@@H](C)Cc6ccc(OC)cc6)c(N)c5c5c4CCC5)c(OC)c3)c(N)c2c2c1CCCC2. The van der Waals surface area contributed by atoms with E-state index in [0.29, 0.717) is 58.6 Å². The largest absolute Gasteiger partial charge is 0.497 e. The van der Waals surface area contributed by atoms with E-state index in [1.54, 1.807) is 14.2 Å². The van der Waals surface area contributed by atoms with Crippen LogP contribution in [0.15, 0.2) is 42.5 Å². The first kappa shape index (κ1) is 43.3. The summed E-state index contributed by atoms with van der Waals surface area (Å²) in [5, 5.41) is 8.20. The maximum atomic E-state index is 13.5. The van der Waals surface area contributed by atoms with Crippen LogP contribution in [0.2, 0.25) is 0 Å². The minimum Gasteiger partial charge on any atom is -0.497 e. The molecule has 2 aliphatic rings. The standard InChI is InChI=1S/C49H58N6O5S2/c1-5-11-36-32-12-6-7-13-34(32)40-42(50)44(61-48(40)54-36)46(56)52-24-23-30-19-22-38(39(27-30)59-4)60-25-9-8-16-37-33-14-10-15-35(33)41-43(51)45(62-49(41)55-37)47(57)53-28(2)26-29-17-20-31(58-3)21-18-29/h17-22,27-28H,5-16,23-26,50-51H2,1-4H3,(H,52,56)(H,53,57)/t28-/m0/s1. The number of unbranched alkanes of at least 4 members (excludes halogenated alkanes) is 1. The molecule has 0 bridgehead atoms. The number of benzene rings is 2. The average molecular weight is 875 g/mol. The van der Waals surface area contributed by atoms with Gasteiger partial charge in [-0.25, -0.2) is 9.97 Å². The molecule has 62 heavy (non-hydrogen) atoms. The lowest BCUT2D eigenvalue weighted by Gasteiger charge is -2.20. The number of methoxy groups -OCH3 is 2. The Morgan fingerprint density at radius 2 is 1.34 bits per heavy atom. The first-order valence-corrected chi connectivity index (χ1v) is 23.8. The summed E-state index contributed by atoms with van der Waals surface area (Å²) < 4.78 is 17.2. The van der Waals surface area contributed by atoms with Crippen LogP contribution < -0.4 is 36.3 Å². The smallest absolute Gasteiger partial charge is 0.263 e. The lowest BCUT2D eigenvalue weighted by atomic mass is 9.87. The minimum atomic E-state index is -0.156. The maximum absolute atomic E-state index is 13.5. The van der Waals surface area contributed by atoms with Crippen molar-refractivity contribution in [1.82, 2.24) is 20.6 Å². The molecule has 4 heterocycles. The van der Waals surface area contributed by atoms with Crippen LogP contribution >= 0.6 is 22.7 Å². The molecule has 0 aliphatic heterocycles. The highest BCUT2D eigenvalue weighted by atomic mass is 32.1. The predicted octanol–water partition coefficient (Wildman–Crippen LogP) is 9.14. The number of nitrogens with one attached hydrogen (secondary N) is 2. The van der Waals surface area contributed by atoms with E-state index in [1.807, 2.05) is 49.4 Å². The number of aryl methyl sites for hydroxylation is 4. The van der Waals surface area contributed by atoms with E-state index in [4.69, 9.17) is 35.6 Å². The van der Waals surface area contributed by atoms with Gasteiger partial charge in [-0.2, -0.15) is 0 Å². The van der Waals surface area contributed by atoms with E-state index in [9.17, 15) is 9.59 Å². The van der Waals surface area contributed by atoms with Crippen LogP contribution in [0.1, 0.15) is 116 Å². The zero-order valence-electron chi connectivity index (χ0n) is 36.3. The van der Waals surface area contributed by atoms with Crippen LogP contribution in [0.4, 0.5) is 11.4 Å². The highest BCUT2D eigenvalue weighted by Gasteiger charge is 2.28. The van der Waals surface area contributed by atoms with Gasteiger partial charge in [-0.3, -0.25) is 9.59 Å². The predicted molar refractivity (Wildman–Crippen MR) is 252 cm³/mol. The fraction of sp³-hybridized carbons (Fsp3) is 0.429. The van der Waals surface area contributed by atoms with Crippen LogP contribution in [0.25, 0.3) is 20.4 Å². The molecule has 13 heteroatoms. The molecular weight excluding hydrogens is 817 g/mol.